The van der Waals surface area contributed by atoms with Gasteiger partial charge in [-0.25, -0.2) is 0 Å². The zero-order valence-corrected chi connectivity index (χ0v) is 7.64. The second-order valence-corrected chi connectivity index (χ2v) is 1.99. The molecule has 0 bridgehead atoms. The van der Waals surface area contributed by atoms with Crippen molar-refractivity contribution in [2.45, 2.75) is 20.3 Å². The summed E-state index contributed by atoms with van der Waals surface area (Å²) in [7, 11) is 0. The molecule has 0 heterocycles. The molecule has 0 fully saturated rings. The van der Waals surface area contributed by atoms with E-state index >= 15 is 0 Å². The molecule has 0 aromatic carbocycles. The van der Waals surface area contributed by atoms with Crippen molar-refractivity contribution in [2.75, 3.05) is 0 Å². The number of aliphatic carboxylic acids is 1. The summed E-state index contributed by atoms with van der Waals surface area (Å²) in [4.78, 5) is 9.81. The Morgan fingerprint density at radius 1 is 1.75 bits per heavy atom. The van der Waals surface area contributed by atoms with Gasteiger partial charge >= 0.3 is 35.5 Å². The molecule has 44 valence electrons. The number of carboxylic acids is 1. The van der Waals surface area contributed by atoms with E-state index in [0.717, 1.165) is 0 Å². The molecule has 0 amide bonds. The molecule has 1 N–H and O–H groups in total. The van der Waals surface area contributed by atoms with E-state index in [4.69, 9.17) is 5.11 Å². The van der Waals surface area contributed by atoms with Crippen LogP contribution in [-0.4, -0.2) is 11.1 Å². The molecule has 0 unspecified atom stereocenters. The first kappa shape index (κ1) is 11.3. The monoisotopic (exact) mass is 126 g/mol. The van der Waals surface area contributed by atoms with Crippen LogP contribution in [0.15, 0.2) is 0 Å². The average molecular weight is 126 g/mol. The van der Waals surface area contributed by atoms with Crippen LogP contribution in [0.3, 0.4) is 0 Å². The van der Waals surface area contributed by atoms with Crippen LogP contribution in [0.25, 0.3) is 0 Å². The molecule has 0 saturated heterocycles. The second-order valence-electron chi connectivity index (χ2n) is 1.99. The van der Waals surface area contributed by atoms with E-state index in [1.54, 1.807) is 0 Å². The average Bonchev–Trinajstić information content (AvgIpc) is 1.27. The van der Waals surface area contributed by atoms with Gasteiger partial charge in [0.1, 0.15) is 0 Å². The zero-order chi connectivity index (χ0) is 5.86. The number of carboxylic acid groups (broad SMARTS) is 1. The predicted molar refractivity (Wildman–Crippen MR) is 28.2 cm³/mol. The minimum Gasteiger partial charge on any atom is -1.00 e. The topological polar surface area (TPSA) is 37.3 Å². The van der Waals surface area contributed by atoms with Crippen molar-refractivity contribution in [1.29, 1.82) is 0 Å². The van der Waals surface area contributed by atoms with Crippen LogP contribution in [0.2, 0.25) is 0 Å². The molecule has 0 rings (SSSR count). The fourth-order valence-corrected chi connectivity index (χ4v) is 0.349. The molecule has 0 aliphatic carbocycles. The first-order valence-corrected chi connectivity index (χ1v) is 2.34. The van der Waals surface area contributed by atoms with Crippen LogP contribution in [-0.2, 0) is 4.79 Å². The smallest absolute Gasteiger partial charge is 1.00 e. The predicted octanol–water partition coefficient (Wildman–Crippen LogP) is -1.77. The Hall–Kier alpha value is 0.470. The van der Waals surface area contributed by atoms with E-state index in [0.29, 0.717) is 0 Å². The van der Waals surface area contributed by atoms with Gasteiger partial charge in [0.2, 0.25) is 0 Å². The van der Waals surface area contributed by atoms with Crippen molar-refractivity contribution in [2.24, 2.45) is 5.92 Å². The molecular weight excluding hydrogens is 115 g/mol. The number of rotatable bonds is 2. The van der Waals surface area contributed by atoms with E-state index in [9.17, 15) is 4.79 Å². The molecule has 0 spiro atoms. The van der Waals surface area contributed by atoms with Gasteiger partial charge in [0.05, 0.1) is 0 Å². The van der Waals surface area contributed by atoms with Gasteiger partial charge in [-0.1, -0.05) is 13.8 Å². The molecule has 8 heavy (non-hydrogen) atoms. The third-order valence-electron chi connectivity index (χ3n) is 0.583. The van der Waals surface area contributed by atoms with E-state index in [-0.39, 0.29) is 43.3 Å². The van der Waals surface area contributed by atoms with Crippen LogP contribution in [0, 0.1) is 5.92 Å². The largest absolute Gasteiger partial charge is 1.00 e. The van der Waals surface area contributed by atoms with Gasteiger partial charge in [0.15, 0.2) is 0 Å². The molecule has 0 saturated carbocycles. The summed E-state index contributed by atoms with van der Waals surface area (Å²) in [5.41, 5.74) is 0. The van der Waals surface area contributed by atoms with Gasteiger partial charge in [0.25, 0.3) is 0 Å². The van der Waals surface area contributed by atoms with Crippen LogP contribution in [0.1, 0.15) is 21.7 Å². The maximum absolute atomic E-state index is 9.81. The van der Waals surface area contributed by atoms with Gasteiger partial charge < -0.3 is 6.53 Å². The van der Waals surface area contributed by atoms with Gasteiger partial charge in [-0.2, -0.15) is 0 Å². The Morgan fingerprint density at radius 2 is 2.12 bits per heavy atom. The number of hydrogen-bond donors (Lipinski definition) is 1. The number of hydrogen-bond acceptors (Lipinski definition) is 1. The van der Waals surface area contributed by atoms with Crippen molar-refractivity contribution in [3.05, 3.63) is 0 Å². The van der Waals surface area contributed by atoms with Gasteiger partial charge in [0, 0.05) is 6.42 Å². The van der Waals surface area contributed by atoms with E-state index < -0.39 is 5.97 Å². The van der Waals surface area contributed by atoms with Gasteiger partial charge in [-0.05, 0) is 5.92 Å². The summed E-state index contributed by atoms with van der Waals surface area (Å²) in [5, 5.41) is 8.08. The van der Waals surface area contributed by atoms with Gasteiger partial charge in [-0.15, -0.1) is 0 Å². The van der Waals surface area contributed by atoms with Crippen LogP contribution in [0.5, 0.6) is 0 Å². The van der Waals surface area contributed by atoms with Crippen molar-refractivity contribution in [3.63, 3.8) is 0 Å². The van der Waals surface area contributed by atoms with Crippen LogP contribution in [0.4, 0.5) is 0 Å². The van der Waals surface area contributed by atoms with E-state index in [1.807, 2.05) is 13.8 Å². The number of carbonyl (C=O) groups is 1. The third-order valence-corrected chi connectivity index (χ3v) is 0.583. The Morgan fingerprint density at radius 3 is 2.12 bits per heavy atom. The second kappa shape index (κ2) is 5.60. The normalized spacial score (nSPS) is 8.38. The van der Waals surface area contributed by atoms with E-state index in [2.05, 4.69) is 0 Å². The molecular formula is C5H11NaO2. The fourth-order valence-electron chi connectivity index (χ4n) is 0.349. The van der Waals surface area contributed by atoms with Crippen molar-refractivity contribution in [1.82, 2.24) is 0 Å². The fraction of sp³-hybridized carbons (Fsp3) is 0.800. The molecule has 2 nitrogen and oxygen atoms in total. The molecule has 0 atom stereocenters. The van der Waals surface area contributed by atoms with Crippen molar-refractivity contribution in [3.8, 4) is 0 Å². The Balaban J connectivity index is -0.000000180. The molecule has 0 aromatic heterocycles. The SMILES string of the molecule is CC(C)CC(=O)O.[H-].[Na+]. The Bertz CT molecular complexity index is 75.4. The summed E-state index contributed by atoms with van der Waals surface area (Å²) >= 11 is 0. The molecule has 3 heteroatoms. The summed E-state index contributed by atoms with van der Waals surface area (Å²) in [5.74, 6) is -0.438. The van der Waals surface area contributed by atoms with Crippen molar-refractivity contribution < 1.29 is 40.9 Å². The Kier molecular flexibility index (Phi) is 7.91. The maximum atomic E-state index is 9.81. The molecule has 0 aromatic rings. The molecule has 0 aliphatic rings. The molecule has 0 aliphatic heterocycles. The zero-order valence-electron chi connectivity index (χ0n) is 6.64. The maximum Gasteiger partial charge on any atom is 1.00 e. The summed E-state index contributed by atoms with van der Waals surface area (Å²) in [6.45, 7) is 3.77. The molecule has 0 radical (unpaired) electrons. The van der Waals surface area contributed by atoms with Crippen LogP contribution < -0.4 is 29.6 Å². The first-order chi connectivity index (χ1) is 3.13. The minimum atomic E-state index is -0.713. The summed E-state index contributed by atoms with van der Waals surface area (Å²) in [6, 6.07) is 0. The van der Waals surface area contributed by atoms with Crippen LogP contribution >= 0.6 is 0 Å². The summed E-state index contributed by atoms with van der Waals surface area (Å²) < 4.78 is 0. The van der Waals surface area contributed by atoms with E-state index in [1.165, 1.54) is 0 Å². The minimum absolute atomic E-state index is 0. The Labute approximate surface area is 73.1 Å². The quantitative estimate of drug-likeness (QED) is 0.445. The standard InChI is InChI=1S/C5H10O2.Na.H/c1-4(2)3-5(6)7;;/h4H,3H2,1-2H3,(H,6,7);;/q;+1;-1. The van der Waals surface area contributed by atoms with Gasteiger partial charge in [-0.3, -0.25) is 4.79 Å². The summed E-state index contributed by atoms with van der Waals surface area (Å²) in [6.07, 6.45) is 0.278. The first-order valence-electron chi connectivity index (χ1n) is 2.34. The third kappa shape index (κ3) is 9.69. The van der Waals surface area contributed by atoms with Crippen molar-refractivity contribution >= 4 is 5.97 Å².